The molecule has 18 heavy (non-hydrogen) atoms. The van der Waals surface area contributed by atoms with Crippen molar-refractivity contribution >= 4 is 17.3 Å². The molecule has 1 aliphatic heterocycles. The Labute approximate surface area is 106 Å². The van der Waals surface area contributed by atoms with Crippen LogP contribution in [-0.2, 0) is 0 Å². The monoisotopic (exact) mass is 250 g/mol. The number of aliphatic hydroxyl groups excluding tert-OH is 1. The number of nitrogens with two attached hydrogens (primary N) is 1. The predicted molar refractivity (Wildman–Crippen MR) is 69.8 cm³/mol. The van der Waals surface area contributed by atoms with Crippen molar-refractivity contribution in [3.8, 4) is 0 Å². The number of rotatable bonds is 3. The van der Waals surface area contributed by atoms with Gasteiger partial charge >= 0.3 is 5.97 Å². The van der Waals surface area contributed by atoms with Crippen LogP contribution in [0.1, 0.15) is 23.7 Å². The zero-order valence-corrected chi connectivity index (χ0v) is 10.3. The maximum atomic E-state index is 11.2. The molecule has 5 heteroatoms. The van der Waals surface area contributed by atoms with Gasteiger partial charge in [0.2, 0.25) is 0 Å². The summed E-state index contributed by atoms with van der Waals surface area (Å²) in [6.07, 6.45) is 0.512. The summed E-state index contributed by atoms with van der Waals surface area (Å²) in [7, 11) is 0. The van der Waals surface area contributed by atoms with E-state index in [1.807, 2.05) is 4.90 Å². The molecule has 1 aromatic rings. The summed E-state index contributed by atoms with van der Waals surface area (Å²) in [6.45, 7) is 3.22. The molecule has 1 saturated heterocycles. The number of hydrogen-bond donors (Lipinski definition) is 3. The number of nitrogens with zero attached hydrogens (tertiary/aromatic N) is 1. The maximum Gasteiger partial charge on any atom is 0.337 e. The van der Waals surface area contributed by atoms with Gasteiger partial charge in [-0.15, -0.1) is 0 Å². The Hall–Kier alpha value is -1.75. The van der Waals surface area contributed by atoms with E-state index in [0.29, 0.717) is 17.9 Å². The number of hydrogen-bond acceptors (Lipinski definition) is 4. The fourth-order valence-electron chi connectivity index (χ4n) is 2.40. The predicted octanol–water partition coefficient (Wildman–Crippen LogP) is 1.17. The topological polar surface area (TPSA) is 86.8 Å². The van der Waals surface area contributed by atoms with Gasteiger partial charge in [-0.2, -0.15) is 0 Å². The molecule has 5 nitrogen and oxygen atoms in total. The van der Waals surface area contributed by atoms with Gasteiger partial charge in [-0.1, -0.05) is 0 Å². The van der Waals surface area contributed by atoms with Crippen LogP contribution < -0.4 is 10.6 Å². The summed E-state index contributed by atoms with van der Waals surface area (Å²) in [4.78, 5) is 13.2. The summed E-state index contributed by atoms with van der Waals surface area (Å²) in [5.41, 5.74) is 6.97. The second-order valence-corrected chi connectivity index (χ2v) is 4.82. The van der Waals surface area contributed by atoms with Crippen molar-refractivity contribution < 1.29 is 15.0 Å². The van der Waals surface area contributed by atoms with Gasteiger partial charge in [0.05, 0.1) is 17.4 Å². The average Bonchev–Trinajstić information content (AvgIpc) is 2.78. The van der Waals surface area contributed by atoms with Crippen molar-refractivity contribution in [2.75, 3.05) is 23.7 Å². The highest BCUT2D eigenvalue weighted by atomic mass is 16.4. The van der Waals surface area contributed by atoms with Gasteiger partial charge in [0.25, 0.3) is 0 Å². The van der Waals surface area contributed by atoms with Crippen LogP contribution in [0, 0.1) is 5.92 Å². The number of carboxylic acid groups (broad SMARTS) is 1. The van der Waals surface area contributed by atoms with E-state index in [2.05, 4.69) is 0 Å². The Morgan fingerprint density at radius 1 is 1.56 bits per heavy atom. The zero-order valence-electron chi connectivity index (χ0n) is 10.3. The fourth-order valence-corrected chi connectivity index (χ4v) is 2.40. The second kappa shape index (κ2) is 4.86. The average molecular weight is 250 g/mol. The van der Waals surface area contributed by atoms with E-state index >= 15 is 0 Å². The van der Waals surface area contributed by atoms with Gasteiger partial charge in [-0.3, -0.25) is 0 Å². The molecule has 2 unspecified atom stereocenters. The molecule has 0 bridgehead atoms. The molecule has 1 heterocycles. The van der Waals surface area contributed by atoms with Crippen LogP contribution in [0.3, 0.4) is 0 Å². The summed E-state index contributed by atoms with van der Waals surface area (Å²) >= 11 is 0. The van der Waals surface area contributed by atoms with E-state index in [-0.39, 0.29) is 17.6 Å². The van der Waals surface area contributed by atoms with E-state index in [1.54, 1.807) is 19.1 Å². The molecule has 0 saturated carbocycles. The van der Waals surface area contributed by atoms with Crippen molar-refractivity contribution in [2.45, 2.75) is 19.4 Å². The zero-order chi connectivity index (χ0) is 13.3. The van der Waals surface area contributed by atoms with Crippen LogP contribution in [0.15, 0.2) is 18.2 Å². The van der Waals surface area contributed by atoms with Crippen LogP contribution in [0.4, 0.5) is 11.4 Å². The highest BCUT2D eigenvalue weighted by Crippen LogP contribution is 2.29. The SMILES string of the molecule is CC(O)C1CCN(c2ccc(N)cc2C(=O)O)C1. The molecule has 2 rings (SSSR count). The summed E-state index contributed by atoms with van der Waals surface area (Å²) in [5, 5.41) is 18.8. The molecule has 0 aliphatic carbocycles. The van der Waals surface area contributed by atoms with Crippen LogP contribution in [-0.4, -0.2) is 35.4 Å². The van der Waals surface area contributed by atoms with E-state index < -0.39 is 5.97 Å². The molecular weight excluding hydrogens is 232 g/mol. The molecule has 4 N–H and O–H groups in total. The quantitative estimate of drug-likeness (QED) is 0.701. The van der Waals surface area contributed by atoms with Gasteiger partial charge in [0.1, 0.15) is 0 Å². The first kappa shape index (κ1) is 12.7. The normalized spacial score (nSPS) is 21.0. The van der Waals surface area contributed by atoms with Gasteiger partial charge in [-0.25, -0.2) is 4.79 Å². The number of anilines is 2. The largest absolute Gasteiger partial charge is 0.478 e. The Bertz CT molecular complexity index is 460. The van der Waals surface area contributed by atoms with Crippen LogP contribution in [0.5, 0.6) is 0 Å². The Kier molecular flexibility index (Phi) is 3.43. The summed E-state index contributed by atoms with van der Waals surface area (Å²) in [5.74, 6) is -0.776. The second-order valence-electron chi connectivity index (χ2n) is 4.82. The molecule has 2 atom stereocenters. The summed E-state index contributed by atoms with van der Waals surface area (Å²) in [6, 6.07) is 4.92. The molecule has 1 aromatic carbocycles. The van der Waals surface area contributed by atoms with Crippen molar-refractivity contribution in [1.82, 2.24) is 0 Å². The van der Waals surface area contributed by atoms with Crippen molar-refractivity contribution in [2.24, 2.45) is 5.92 Å². The molecule has 0 spiro atoms. The molecule has 0 aromatic heterocycles. The summed E-state index contributed by atoms with van der Waals surface area (Å²) < 4.78 is 0. The first-order chi connectivity index (χ1) is 8.49. The van der Waals surface area contributed by atoms with Gasteiger partial charge < -0.3 is 20.8 Å². The van der Waals surface area contributed by atoms with Crippen molar-refractivity contribution in [1.29, 1.82) is 0 Å². The minimum Gasteiger partial charge on any atom is -0.478 e. The molecule has 1 fully saturated rings. The smallest absolute Gasteiger partial charge is 0.337 e. The fraction of sp³-hybridized carbons (Fsp3) is 0.462. The Morgan fingerprint density at radius 3 is 2.83 bits per heavy atom. The minimum absolute atomic E-state index is 0.198. The standard InChI is InChI=1S/C13H18N2O3/c1-8(16)9-4-5-15(7-9)12-3-2-10(14)6-11(12)13(17)18/h2-3,6,8-9,16H,4-5,7,14H2,1H3,(H,17,18). The van der Waals surface area contributed by atoms with Gasteiger partial charge in [-0.05, 0) is 31.5 Å². The number of carboxylic acids is 1. The highest BCUT2D eigenvalue weighted by Gasteiger charge is 2.28. The maximum absolute atomic E-state index is 11.2. The number of nitrogen functional groups attached to an aromatic ring is 1. The third-order valence-corrected chi connectivity index (χ3v) is 3.50. The molecule has 0 radical (unpaired) electrons. The Morgan fingerprint density at radius 2 is 2.28 bits per heavy atom. The first-order valence-electron chi connectivity index (χ1n) is 6.05. The Balaban J connectivity index is 2.27. The van der Waals surface area contributed by atoms with E-state index in [0.717, 1.165) is 13.0 Å². The lowest BCUT2D eigenvalue weighted by Gasteiger charge is -2.21. The van der Waals surface area contributed by atoms with Crippen molar-refractivity contribution in [3.05, 3.63) is 23.8 Å². The molecule has 98 valence electrons. The minimum atomic E-state index is -0.974. The van der Waals surface area contributed by atoms with E-state index in [4.69, 9.17) is 5.73 Å². The molecular formula is C13H18N2O3. The first-order valence-corrected chi connectivity index (χ1v) is 6.05. The lowest BCUT2D eigenvalue weighted by Crippen LogP contribution is -2.25. The molecule has 0 amide bonds. The number of aromatic carboxylic acids is 1. The van der Waals surface area contributed by atoms with E-state index in [9.17, 15) is 15.0 Å². The third kappa shape index (κ3) is 2.41. The van der Waals surface area contributed by atoms with Crippen molar-refractivity contribution in [3.63, 3.8) is 0 Å². The number of carbonyl (C=O) groups is 1. The third-order valence-electron chi connectivity index (χ3n) is 3.50. The number of aliphatic hydroxyl groups is 1. The van der Waals surface area contributed by atoms with E-state index in [1.165, 1.54) is 6.07 Å². The highest BCUT2D eigenvalue weighted by molar-refractivity contribution is 5.95. The van der Waals surface area contributed by atoms with Crippen LogP contribution >= 0.6 is 0 Å². The van der Waals surface area contributed by atoms with Gasteiger partial charge in [0, 0.05) is 24.7 Å². The van der Waals surface area contributed by atoms with Crippen LogP contribution in [0.25, 0.3) is 0 Å². The van der Waals surface area contributed by atoms with Gasteiger partial charge in [0.15, 0.2) is 0 Å². The lowest BCUT2D eigenvalue weighted by atomic mass is 10.0. The molecule has 1 aliphatic rings. The number of benzene rings is 1. The van der Waals surface area contributed by atoms with Crippen LogP contribution in [0.2, 0.25) is 0 Å². The lowest BCUT2D eigenvalue weighted by molar-refractivity contribution is 0.0697.